The summed E-state index contributed by atoms with van der Waals surface area (Å²) >= 11 is 15.5. The Morgan fingerprint density at radius 3 is 2.17 bits per heavy atom. The number of amides is 2. The van der Waals surface area contributed by atoms with E-state index in [0.29, 0.717) is 27.7 Å². The van der Waals surface area contributed by atoms with Gasteiger partial charge in [0.1, 0.15) is 12.6 Å². The summed E-state index contributed by atoms with van der Waals surface area (Å²) in [5.74, 6) is -0.819. The minimum atomic E-state index is -3.79. The first kappa shape index (κ1) is 29.4. The van der Waals surface area contributed by atoms with E-state index < -0.39 is 28.5 Å². The smallest absolute Gasteiger partial charge is 0.244 e. The van der Waals surface area contributed by atoms with Crippen LogP contribution < -0.4 is 9.62 Å². The number of hydrogen-bond donors (Lipinski definition) is 1. The van der Waals surface area contributed by atoms with Gasteiger partial charge in [0, 0.05) is 17.1 Å². The van der Waals surface area contributed by atoms with Crippen molar-refractivity contribution in [3.63, 3.8) is 0 Å². The van der Waals surface area contributed by atoms with E-state index in [4.69, 9.17) is 23.2 Å². The van der Waals surface area contributed by atoms with Crippen LogP contribution in [0.4, 0.5) is 5.69 Å². The lowest BCUT2D eigenvalue weighted by Gasteiger charge is -2.33. The summed E-state index contributed by atoms with van der Waals surface area (Å²) in [6, 6.07) is 10.7. The average Bonchev–Trinajstić information content (AvgIpc) is 2.79. The van der Waals surface area contributed by atoms with E-state index in [-0.39, 0.29) is 18.5 Å². The Labute approximate surface area is 225 Å². The van der Waals surface area contributed by atoms with Crippen molar-refractivity contribution in [1.82, 2.24) is 10.2 Å². The van der Waals surface area contributed by atoms with Gasteiger partial charge >= 0.3 is 0 Å². The fourth-order valence-corrected chi connectivity index (χ4v) is 4.85. The van der Waals surface area contributed by atoms with E-state index in [1.54, 1.807) is 49.4 Å². The predicted octanol–water partition coefficient (Wildman–Crippen LogP) is 5.24. The van der Waals surface area contributed by atoms with Crippen LogP contribution in [0.2, 0.25) is 10.0 Å². The fourth-order valence-electron chi connectivity index (χ4n) is 3.42. The summed E-state index contributed by atoms with van der Waals surface area (Å²) in [5.41, 5.74) is 1.01. The summed E-state index contributed by atoms with van der Waals surface area (Å²) in [5, 5.41) is 3.62. The van der Waals surface area contributed by atoms with Gasteiger partial charge < -0.3 is 10.2 Å². The Morgan fingerprint density at radius 2 is 1.66 bits per heavy atom. The number of nitrogens with zero attached hydrogens (tertiary/aromatic N) is 2. The van der Waals surface area contributed by atoms with E-state index in [2.05, 4.69) is 21.2 Å². The first-order valence-electron chi connectivity index (χ1n) is 11.1. The Bertz CT molecular complexity index is 1150. The van der Waals surface area contributed by atoms with Crippen LogP contribution in [0.1, 0.15) is 39.2 Å². The van der Waals surface area contributed by atoms with Gasteiger partial charge in [0.25, 0.3) is 0 Å². The molecule has 0 aliphatic heterocycles. The molecule has 0 unspecified atom stereocenters. The second kappa shape index (κ2) is 12.9. The van der Waals surface area contributed by atoms with Crippen molar-refractivity contribution < 1.29 is 18.0 Å². The zero-order valence-corrected chi connectivity index (χ0v) is 24.0. The molecule has 2 aromatic rings. The molecule has 2 rings (SSSR count). The van der Waals surface area contributed by atoms with Crippen LogP contribution in [-0.4, -0.2) is 50.0 Å². The van der Waals surface area contributed by atoms with Crippen LogP contribution >= 0.6 is 39.1 Å². The molecule has 0 aliphatic carbocycles. The molecule has 0 saturated heterocycles. The molecule has 7 nitrogen and oxygen atoms in total. The van der Waals surface area contributed by atoms with Crippen molar-refractivity contribution in [2.24, 2.45) is 0 Å². The second-order valence-electron chi connectivity index (χ2n) is 8.26. The zero-order valence-electron chi connectivity index (χ0n) is 20.1. The minimum Gasteiger partial charge on any atom is -0.352 e. The standard InChI is InChI=1S/C24H30BrCl2N3O4S/c1-5-16(3)28-24(32)22(6-2)29(14-17-7-12-20(26)21(27)13-17)23(31)15-30(35(4,33)34)19-10-8-18(25)9-11-19/h7-13,16,22H,5-6,14-15H2,1-4H3,(H,28,32)/t16-,22+/m1/s1. The number of hydrogen-bond acceptors (Lipinski definition) is 4. The van der Waals surface area contributed by atoms with E-state index in [1.165, 1.54) is 4.90 Å². The maximum Gasteiger partial charge on any atom is 0.244 e. The van der Waals surface area contributed by atoms with Gasteiger partial charge in [-0.3, -0.25) is 13.9 Å². The average molecular weight is 607 g/mol. The van der Waals surface area contributed by atoms with Crippen molar-refractivity contribution in [3.8, 4) is 0 Å². The van der Waals surface area contributed by atoms with Crippen LogP contribution in [0.5, 0.6) is 0 Å². The third-order valence-corrected chi connectivity index (χ3v) is 7.93. The quantitative estimate of drug-likeness (QED) is 0.379. The molecule has 2 aromatic carbocycles. The molecular weight excluding hydrogens is 577 g/mol. The number of rotatable bonds is 11. The molecule has 35 heavy (non-hydrogen) atoms. The van der Waals surface area contributed by atoms with Crippen molar-refractivity contribution in [2.45, 2.75) is 52.2 Å². The highest BCUT2D eigenvalue weighted by Gasteiger charge is 2.32. The molecule has 11 heteroatoms. The third-order valence-electron chi connectivity index (χ3n) is 5.52. The Morgan fingerprint density at radius 1 is 1.03 bits per heavy atom. The number of nitrogens with one attached hydrogen (secondary N) is 1. The molecule has 192 valence electrons. The minimum absolute atomic E-state index is 0.0556. The molecular formula is C24H30BrCl2N3O4S. The molecule has 0 aromatic heterocycles. The van der Waals surface area contributed by atoms with Crippen LogP contribution in [0.15, 0.2) is 46.9 Å². The van der Waals surface area contributed by atoms with Crippen molar-refractivity contribution in [2.75, 3.05) is 17.1 Å². The number of carbonyl (C=O) groups is 2. The monoisotopic (exact) mass is 605 g/mol. The lowest BCUT2D eigenvalue weighted by atomic mass is 10.1. The van der Waals surface area contributed by atoms with Gasteiger partial charge in [0.05, 0.1) is 22.0 Å². The molecule has 0 radical (unpaired) electrons. The van der Waals surface area contributed by atoms with E-state index >= 15 is 0 Å². The van der Waals surface area contributed by atoms with Crippen molar-refractivity contribution in [1.29, 1.82) is 0 Å². The summed E-state index contributed by atoms with van der Waals surface area (Å²) in [6.45, 7) is 5.23. The van der Waals surface area contributed by atoms with Crippen LogP contribution in [0.3, 0.4) is 0 Å². The number of benzene rings is 2. The van der Waals surface area contributed by atoms with Crippen LogP contribution in [0, 0.1) is 0 Å². The van der Waals surface area contributed by atoms with Gasteiger partial charge in [-0.15, -0.1) is 0 Å². The first-order chi connectivity index (χ1) is 16.4. The molecule has 0 aliphatic rings. The highest BCUT2D eigenvalue weighted by atomic mass is 79.9. The molecule has 0 heterocycles. The van der Waals surface area contributed by atoms with Crippen molar-refractivity contribution in [3.05, 3.63) is 62.5 Å². The Kier molecular flexibility index (Phi) is 10.9. The Balaban J connectivity index is 2.45. The number of halogens is 3. The van der Waals surface area contributed by atoms with E-state index in [9.17, 15) is 18.0 Å². The number of carbonyl (C=O) groups excluding carboxylic acids is 2. The molecule has 0 saturated carbocycles. The highest BCUT2D eigenvalue weighted by Crippen LogP contribution is 2.25. The second-order valence-corrected chi connectivity index (χ2v) is 11.9. The SMILES string of the molecule is CC[C@@H](C)NC(=O)[C@H](CC)N(Cc1ccc(Cl)c(Cl)c1)C(=O)CN(c1ccc(Br)cc1)S(C)(=O)=O. The maximum absolute atomic E-state index is 13.6. The summed E-state index contributed by atoms with van der Waals surface area (Å²) in [6.07, 6.45) is 2.11. The lowest BCUT2D eigenvalue weighted by molar-refractivity contribution is -0.140. The van der Waals surface area contributed by atoms with Crippen LogP contribution in [-0.2, 0) is 26.2 Å². The molecule has 0 spiro atoms. The largest absolute Gasteiger partial charge is 0.352 e. The molecule has 0 bridgehead atoms. The fraction of sp³-hybridized carbons (Fsp3) is 0.417. The topological polar surface area (TPSA) is 86.8 Å². The van der Waals surface area contributed by atoms with Crippen molar-refractivity contribution >= 4 is 66.7 Å². The van der Waals surface area contributed by atoms with Gasteiger partial charge in [0.2, 0.25) is 21.8 Å². The third kappa shape index (κ3) is 8.37. The highest BCUT2D eigenvalue weighted by molar-refractivity contribution is 9.10. The summed E-state index contributed by atoms with van der Waals surface area (Å²) in [7, 11) is -3.79. The predicted molar refractivity (Wildman–Crippen MR) is 145 cm³/mol. The molecule has 1 N–H and O–H groups in total. The molecule has 2 atom stereocenters. The number of anilines is 1. The number of sulfonamides is 1. The van der Waals surface area contributed by atoms with Gasteiger partial charge in [-0.25, -0.2) is 8.42 Å². The molecule has 0 fully saturated rings. The van der Waals surface area contributed by atoms with Gasteiger partial charge in [0.15, 0.2) is 0 Å². The summed E-state index contributed by atoms with van der Waals surface area (Å²) < 4.78 is 27.0. The first-order valence-corrected chi connectivity index (χ1v) is 14.5. The normalized spacial score (nSPS) is 13.1. The van der Waals surface area contributed by atoms with Gasteiger partial charge in [-0.1, -0.05) is 59.0 Å². The lowest BCUT2D eigenvalue weighted by Crippen LogP contribution is -2.53. The maximum atomic E-state index is 13.6. The van der Waals surface area contributed by atoms with Gasteiger partial charge in [-0.2, -0.15) is 0 Å². The van der Waals surface area contributed by atoms with Crippen LogP contribution in [0.25, 0.3) is 0 Å². The zero-order chi connectivity index (χ0) is 26.3. The van der Waals surface area contributed by atoms with E-state index in [1.807, 2.05) is 13.8 Å². The van der Waals surface area contributed by atoms with E-state index in [0.717, 1.165) is 21.5 Å². The van der Waals surface area contributed by atoms with Gasteiger partial charge in [-0.05, 0) is 61.7 Å². The molecule has 2 amide bonds. The Hall–Kier alpha value is -1.81. The summed E-state index contributed by atoms with van der Waals surface area (Å²) in [4.78, 5) is 28.1.